The number of amides is 1. The molecule has 22 heavy (non-hydrogen) atoms. The van der Waals surface area contributed by atoms with Gasteiger partial charge < -0.3 is 14.4 Å². The number of hydrogen-bond acceptors (Lipinski definition) is 4. The number of nitrogens with zero attached hydrogens (tertiary/aromatic N) is 1. The molecule has 0 aliphatic carbocycles. The Labute approximate surface area is 146 Å². The van der Waals surface area contributed by atoms with Crippen LogP contribution in [0.2, 0.25) is 0 Å². The van der Waals surface area contributed by atoms with Crippen molar-refractivity contribution in [1.82, 2.24) is 0 Å². The van der Waals surface area contributed by atoms with Gasteiger partial charge in [-0.1, -0.05) is 15.9 Å². The minimum Gasteiger partial charge on any atom is -0.495 e. The Morgan fingerprint density at radius 1 is 1.41 bits per heavy atom. The van der Waals surface area contributed by atoms with Crippen molar-refractivity contribution in [1.29, 1.82) is 0 Å². The molecule has 0 unspecified atom stereocenters. The summed E-state index contributed by atoms with van der Waals surface area (Å²) >= 11 is 6.82. The average molecular weight is 435 g/mol. The zero-order valence-corrected chi connectivity index (χ0v) is 15.7. The van der Waals surface area contributed by atoms with Gasteiger partial charge in [-0.2, -0.15) is 0 Å². The number of halogens is 2. The summed E-state index contributed by atoms with van der Waals surface area (Å²) in [6.45, 7) is 2.40. The van der Waals surface area contributed by atoms with Gasteiger partial charge in [0.1, 0.15) is 10.6 Å². The van der Waals surface area contributed by atoms with Gasteiger partial charge in [0.2, 0.25) is 5.91 Å². The standard InChI is InChI=1S/C15H17Br2NO4/c1-4-18-11-7-12(21-2)10(16)6-8(11)5-9(15(20)22-3)13(17)14(18)19/h6-7,9,13H,4-5H2,1-3H3/t9-,13-/m1/s1. The highest BCUT2D eigenvalue weighted by molar-refractivity contribution is 9.10. The molecule has 0 saturated carbocycles. The quantitative estimate of drug-likeness (QED) is 0.542. The summed E-state index contributed by atoms with van der Waals surface area (Å²) < 4.78 is 10.9. The molecule has 2 atom stereocenters. The maximum atomic E-state index is 12.7. The number of ether oxygens (including phenoxy) is 2. The number of carbonyl (C=O) groups excluding carboxylic acids is 2. The lowest BCUT2D eigenvalue weighted by atomic mass is 9.96. The molecule has 1 amide bonds. The fourth-order valence-corrected chi connectivity index (χ4v) is 3.82. The number of benzene rings is 1. The van der Waals surface area contributed by atoms with Crippen molar-refractivity contribution in [2.75, 3.05) is 25.7 Å². The first-order chi connectivity index (χ1) is 10.4. The molecule has 0 aromatic heterocycles. The highest BCUT2D eigenvalue weighted by Gasteiger charge is 2.39. The number of alkyl halides is 1. The Kier molecular flexibility index (Phi) is 5.50. The van der Waals surface area contributed by atoms with E-state index in [9.17, 15) is 9.59 Å². The fourth-order valence-electron chi connectivity index (χ4n) is 2.62. The topological polar surface area (TPSA) is 55.8 Å². The molecule has 0 fully saturated rings. The maximum Gasteiger partial charge on any atom is 0.310 e. The van der Waals surface area contributed by atoms with Gasteiger partial charge in [0.25, 0.3) is 0 Å². The predicted molar refractivity (Wildman–Crippen MR) is 90.6 cm³/mol. The Balaban J connectivity index is 2.59. The molecule has 7 heteroatoms. The molecule has 1 heterocycles. The van der Waals surface area contributed by atoms with Crippen LogP contribution in [0.25, 0.3) is 0 Å². The lowest BCUT2D eigenvalue weighted by molar-refractivity contribution is -0.146. The molecule has 0 bridgehead atoms. The first-order valence-electron chi connectivity index (χ1n) is 6.84. The fraction of sp³-hybridized carbons (Fsp3) is 0.467. The maximum absolute atomic E-state index is 12.7. The number of esters is 1. The third-order valence-electron chi connectivity index (χ3n) is 3.76. The van der Waals surface area contributed by atoms with Crippen molar-refractivity contribution in [3.05, 3.63) is 22.2 Å². The normalized spacial score (nSPS) is 21.1. The molecule has 1 aliphatic heterocycles. The molecule has 0 saturated heterocycles. The molecule has 1 aromatic rings. The van der Waals surface area contributed by atoms with Crippen LogP contribution in [0.15, 0.2) is 16.6 Å². The van der Waals surface area contributed by atoms with E-state index in [1.165, 1.54) is 7.11 Å². The minimum absolute atomic E-state index is 0.152. The van der Waals surface area contributed by atoms with Crippen molar-refractivity contribution in [2.24, 2.45) is 5.92 Å². The number of anilines is 1. The zero-order valence-electron chi connectivity index (χ0n) is 12.6. The third-order valence-corrected chi connectivity index (χ3v) is 5.41. The molecular weight excluding hydrogens is 418 g/mol. The highest BCUT2D eigenvalue weighted by Crippen LogP contribution is 2.39. The van der Waals surface area contributed by atoms with Crippen LogP contribution in [0.3, 0.4) is 0 Å². The SMILES string of the molecule is CCN1C(=O)[C@H](Br)[C@H](C(=O)OC)Cc2cc(Br)c(OC)cc21. The lowest BCUT2D eigenvalue weighted by Gasteiger charge is -2.24. The van der Waals surface area contributed by atoms with E-state index < -0.39 is 16.7 Å². The van der Waals surface area contributed by atoms with Crippen LogP contribution in [0.1, 0.15) is 12.5 Å². The molecule has 120 valence electrons. The summed E-state index contributed by atoms with van der Waals surface area (Å²) in [6, 6.07) is 3.71. The lowest BCUT2D eigenvalue weighted by Crippen LogP contribution is -2.40. The van der Waals surface area contributed by atoms with E-state index >= 15 is 0 Å². The number of methoxy groups -OCH3 is 2. The largest absolute Gasteiger partial charge is 0.495 e. The Bertz CT molecular complexity index is 605. The van der Waals surface area contributed by atoms with Gasteiger partial charge in [-0.15, -0.1) is 0 Å². The smallest absolute Gasteiger partial charge is 0.310 e. The van der Waals surface area contributed by atoms with E-state index in [0.29, 0.717) is 18.7 Å². The summed E-state index contributed by atoms with van der Waals surface area (Å²) in [7, 11) is 2.91. The number of hydrogen-bond donors (Lipinski definition) is 0. The van der Waals surface area contributed by atoms with Crippen molar-refractivity contribution in [3.8, 4) is 5.75 Å². The van der Waals surface area contributed by atoms with E-state index in [2.05, 4.69) is 31.9 Å². The molecule has 2 rings (SSSR count). The molecule has 5 nitrogen and oxygen atoms in total. The van der Waals surface area contributed by atoms with Gasteiger partial charge in [0.15, 0.2) is 0 Å². The van der Waals surface area contributed by atoms with E-state index in [0.717, 1.165) is 15.7 Å². The summed E-state index contributed by atoms with van der Waals surface area (Å²) in [5.74, 6) is -0.465. The second kappa shape index (κ2) is 7.00. The van der Waals surface area contributed by atoms with Gasteiger partial charge >= 0.3 is 5.97 Å². The molecule has 0 radical (unpaired) electrons. The van der Waals surface area contributed by atoms with Gasteiger partial charge in [-0.25, -0.2) is 0 Å². The van der Waals surface area contributed by atoms with E-state index in [4.69, 9.17) is 9.47 Å². The summed E-state index contributed by atoms with van der Waals surface area (Å²) in [5, 5.41) is 0. The molecule has 1 aromatic carbocycles. The second-order valence-corrected chi connectivity index (χ2v) is 6.77. The summed E-state index contributed by atoms with van der Waals surface area (Å²) in [4.78, 5) is 25.7. The van der Waals surface area contributed by atoms with Crippen LogP contribution < -0.4 is 9.64 Å². The monoisotopic (exact) mass is 433 g/mol. The van der Waals surface area contributed by atoms with Gasteiger partial charge in [-0.05, 0) is 40.9 Å². The van der Waals surface area contributed by atoms with Gasteiger partial charge in [0, 0.05) is 12.6 Å². The molecule has 0 spiro atoms. The molecule has 1 aliphatic rings. The van der Waals surface area contributed by atoms with Crippen LogP contribution in [0, 0.1) is 5.92 Å². The average Bonchev–Trinajstić information content (AvgIpc) is 2.61. The first-order valence-corrected chi connectivity index (χ1v) is 8.55. The first kappa shape index (κ1) is 17.3. The second-order valence-electron chi connectivity index (χ2n) is 4.93. The molecular formula is C15H17Br2NO4. The van der Waals surface area contributed by atoms with Crippen molar-refractivity contribution in [2.45, 2.75) is 18.2 Å². The number of rotatable bonds is 3. The van der Waals surface area contributed by atoms with E-state index in [1.807, 2.05) is 19.1 Å². The Morgan fingerprint density at radius 2 is 2.09 bits per heavy atom. The van der Waals surface area contributed by atoms with Crippen LogP contribution in [-0.2, 0) is 20.7 Å². The predicted octanol–water partition coefficient (Wildman–Crippen LogP) is 2.92. The van der Waals surface area contributed by atoms with Crippen LogP contribution >= 0.6 is 31.9 Å². The summed E-state index contributed by atoms with van der Waals surface area (Å²) in [5.41, 5.74) is 1.67. The third kappa shape index (κ3) is 3.01. The van der Waals surface area contributed by atoms with Crippen LogP contribution in [0.4, 0.5) is 5.69 Å². The van der Waals surface area contributed by atoms with Crippen molar-refractivity contribution < 1.29 is 19.1 Å². The summed E-state index contributed by atoms with van der Waals surface area (Å²) in [6.07, 6.45) is 0.419. The van der Waals surface area contributed by atoms with Crippen molar-refractivity contribution >= 4 is 49.4 Å². The molecule has 0 N–H and O–H groups in total. The Morgan fingerprint density at radius 3 is 2.64 bits per heavy atom. The minimum atomic E-state index is -0.614. The van der Waals surface area contributed by atoms with Crippen molar-refractivity contribution in [3.63, 3.8) is 0 Å². The number of carbonyl (C=O) groups is 2. The highest BCUT2D eigenvalue weighted by atomic mass is 79.9. The van der Waals surface area contributed by atoms with Crippen LogP contribution in [0.5, 0.6) is 5.75 Å². The number of fused-ring (bicyclic) bond motifs is 1. The Hall–Kier alpha value is -1.08. The van der Waals surface area contributed by atoms with Gasteiger partial charge in [0.05, 0.1) is 30.3 Å². The van der Waals surface area contributed by atoms with Gasteiger partial charge in [-0.3, -0.25) is 9.59 Å². The zero-order chi connectivity index (χ0) is 16.4. The van der Waals surface area contributed by atoms with E-state index in [1.54, 1.807) is 12.0 Å². The van der Waals surface area contributed by atoms with Crippen LogP contribution in [-0.4, -0.2) is 37.5 Å². The van der Waals surface area contributed by atoms with E-state index in [-0.39, 0.29) is 5.91 Å².